The molecule has 0 saturated heterocycles. The monoisotopic (exact) mass is 1580 g/mol. The van der Waals surface area contributed by atoms with Gasteiger partial charge in [0.25, 0.3) is 0 Å². The fraction of sp³-hybridized carbons (Fsp3) is 0.762. The van der Waals surface area contributed by atoms with Crippen LogP contribution in [0.4, 0.5) is 0 Å². The van der Waals surface area contributed by atoms with E-state index in [4.69, 9.17) is 119 Å². The molecule has 4 N–H and O–H groups in total. The van der Waals surface area contributed by atoms with Crippen LogP contribution >= 0.6 is 0 Å². The first-order valence-electron chi connectivity index (χ1n) is 41.0. The van der Waals surface area contributed by atoms with Crippen LogP contribution in [0.1, 0.15) is 125 Å². The van der Waals surface area contributed by atoms with Gasteiger partial charge in [-0.15, -0.1) is 0 Å². The second-order valence-electron chi connectivity index (χ2n) is 25.9. The number of unbranched alkanes of at least 4 members (excludes halogenated alkanes) is 4. The first-order chi connectivity index (χ1) is 55.0. The minimum absolute atomic E-state index is 0.00739. The number of hydrogen-bond acceptors (Lipinski definition) is 27. The highest BCUT2D eigenvalue weighted by Gasteiger charge is 2.29. The molecule has 0 heterocycles. The number of aromatic hydroxyl groups is 2. The molecule has 2 unspecified atom stereocenters. The van der Waals surface area contributed by atoms with Gasteiger partial charge in [0.2, 0.25) is 0 Å². The number of benzene rings is 4. The van der Waals surface area contributed by atoms with Crippen molar-refractivity contribution in [2.45, 2.75) is 117 Å². The summed E-state index contributed by atoms with van der Waals surface area (Å²) in [4.78, 5) is 0. The Hall–Kier alpha value is -4.00. The van der Waals surface area contributed by atoms with Gasteiger partial charge in [-0.25, -0.2) is 0 Å². The first-order valence-corrected chi connectivity index (χ1v) is 41.0. The molecule has 27 nitrogen and oxygen atoms in total. The van der Waals surface area contributed by atoms with Crippen LogP contribution in [0.25, 0.3) is 21.5 Å². The molecule has 4 rings (SSSR count). The van der Waals surface area contributed by atoms with Gasteiger partial charge >= 0.3 is 0 Å². The molecule has 27 heteroatoms. The average molecular weight is 1580 g/mol. The lowest BCUT2D eigenvalue weighted by atomic mass is 9.86. The number of rotatable bonds is 84. The highest BCUT2D eigenvalue weighted by molar-refractivity contribution is 5.93. The number of aryl methyl sites for hydroxylation is 2. The summed E-state index contributed by atoms with van der Waals surface area (Å²) in [6.45, 7) is 26.5. The molecule has 0 aliphatic heterocycles. The summed E-state index contributed by atoms with van der Waals surface area (Å²) in [6.07, 6.45) is 9.63. The summed E-state index contributed by atoms with van der Waals surface area (Å²) in [6, 6.07) is 16.7. The van der Waals surface area contributed by atoms with Crippen LogP contribution in [-0.4, -0.2) is 324 Å². The predicted molar refractivity (Wildman–Crippen MR) is 424 cm³/mol. The molecule has 4 aromatic carbocycles. The molecule has 111 heavy (non-hydrogen) atoms. The van der Waals surface area contributed by atoms with Crippen molar-refractivity contribution in [3.63, 3.8) is 0 Å². The van der Waals surface area contributed by atoms with Crippen LogP contribution in [0.5, 0.6) is 11.5 Å². The lowest BCUT2D eigenvalue weighted by Crippen LogP contribution is -2.21. The fourth-order valence-electron chi connectivity index (χ4n) is 11.8. The zero-order valence-electron chi connectivity index (χ0n) is 68.0. The van der Waals surface area contributed by atoms with Gasteiger partial charge in [-0.1, -0.05) is 102 Å². The summed E-state index contributed by atoms with van der Waals surface area (Å²) in [5.41, 5.74) is 5.67. The Labute approximate surface area is 662 Å². The third kappa shape index (κ3) is 47.1. The SMILES string of the molecule is CCCCc1c(O)c(C(COCC(OCCOCCOCCOCCOCCOCCOCCOCCOCCOCCOCCO)c2c(O)c(CCCC)c(CCCC)c3ccccc23)OCCOCCOCCOCCOCCOCCOCCOCCOCCOCCOCCO)c2ccccc2c1CCCC. The summed E-state index contributed by atoms with van der Waals surface area (Å²) >= 11 is 0. The van der Waals surface area contributed by atoms with Crippen LogP contribution in [-0.2, 0) is 135 Å². The van der Waals surface area contributed by atoms with Crippen LogP contribution in [0.15, 0.2) is 48.5 Å². The molecule has 0 radical (unpaired) electrons. The molecule has 0 fully saturated rings. The van der Waals surface area contributed by atoms with E-state index < -0.39 is 12.2 Å². The molecule has 0 spiro atoms. The molecule has 0 aliphatic carbocycles. The van der Waals surface area contributed by atoms with E-state index in [-0.39, 0.29) is 64.4 Å². The van der Waals surface area contributed by atoms with Crippen molar-refractivity contribution in [1.82, 2.24) is 0 Å². The maximum absolute atomic E-state index is 12.7. The predicted octanol–water partition coefficient (Wildman–Crippen LogP) is 9.92. The lowest BCUT2D eigenvalue weighted by Gasteiger charge is -2.27. The third-order valence-corrected chi connectivity index (χ3v) is 17.5. The van der Waals surface area contributed by atoms with E-state index in [1.807, 2.05) is 12.1 Å². The molecule has 0 aromatic heterocycles. The van der Waals surface area contributed by atoms with Crippen LogP contribution in [0, 0.1) is 0 Å². The van der Waals surface area contributed by atoms with Crippen molar-refractivity contribution < 1.29 is 129 Å². The summed E-state index contributed by atoms with van der Waals surface area (Å²) in [7, 11) is 0. The number of phenolic OH excluding ortho intramolecular Hbond substituents is 2. The molecule has 0 aliphatic rings. The van der Waals surface area contributed by atoms with E-state index in [0.29, 0.717) is 262 Å². The van der Waals surface area contributed by atoms with Crippen LogP contribution in [0.3, 0.4) is 0 Å². The number of hydrogen-bond donors (Lipinski definition) is 4. The average Bonchev–Trinajstić information content (AvgIpc) is 0.765. The number of phenols is 2. The third-order valence-electron chi connectivity index (χ3n) is 17.5. The maximum Gasteiger partial charge on any atom is 0.125 e. The first kappa shape index (κ1) is 99.4. The van der Waals surface area contributed by atoms with Gasteiger partial charge in [0.05, 0.1) is 304 Å². The smallest absolute Gasteiger partial charge is 0.125 e. The Morgan fingerprint density at radius 2 is 0.405 bits per heavy atom. The minimum Gasteiger partial charge on any atom is -0.507 e. The number of aliphatic hydroxyl groups excluding tert-OH is 2. The number of ether oxygens (including phenoxy) is 23. The second-order valence-corrected chi connectivity index (χ2v) is 25.9. The topological polar surface area (TPSA) is 293 Å². The Morgan fingerprint density at radius 3 is 0.604 bits per heavy atom. The Bertz CT molecular complexity index is 2570. The van der Waals surface area contributed by atoms with E-state index in [1.54, 1.807) is 0 Å². The van der Waals surface area contributed by atoms with Gasteiger partial charge in [0.1, 0.15) is 23.7 Å². The highest BCUT2D eigenvalue weighted by atomic mass is 16.6. The standard InChI is InChI=1S/C84H142O27/c1-5-9-17-73-71-21-13-15-23-75(71)81(83(87)77(73)19-11-7-3)79(110-67-65-107-63-61-105-59-57-103-55-53-101-51-49-99-47-45-97-43-41-95-39-37-93-35-33-91-31-29-89-27-25-85)69-109-70-80(82-76-24-16-14-22-72(76)74(18-10-6-2)78(84(82)88)20-12-8-4)111-68-66-108-64-62-106-60-58-104-56-54-102-52-50-100-48-46-98-44-42-96-40-38-94-36-34-92-32-30-90-28-26-86/h13-16,21-24,79-80,85-88H,5-12,17-20,25-70H2,1-4H3. The van der Waals surface area contributed by atoms with Crippen molar-refractivity contribution in [1.29, 1.82) is 0 Å². The molecule has 640 valence electrons. The van der Waals surface area contributed by atoms with Gasteiger partial charge in [-0.2, -0.15) is 0 Å². The van der Waals surface area contributed by atoms with Gasteiger partial charge in [-0.3, -0.25) is 0 Å². The molecule has 4 aromatic rings. The fourth-order valence-corrected chi connectivity index (χ4v) is 11.8. The van der Waals surface area contributed by atoms with Gasteiger partial charge in [0, 0.05) is 11.1 Å². The molecular formula is C84H142O27. The van der Waals surface area contributed by atoms with Gasteiger partial charge in [-0.05, 0) is 95.2 Å². The molecule has 0 bridgehead atoms. The van der Waals surface area contributed by atoms with E-state index in [2.05, 4.69) is 64.1 Å². The summed E-state index contributed by atoms with van der Waals surface area (Å²) in [5, 5.41) is 46.8. The Balaban J connectivity index is 1.22. The molecular weight excluding hydrogens is 1440 g/mol. The van der Waals surface area contributed by atoms with E-state index >= 15 is 0 Å². The van der Waals surface area contributed by atoms with Crippen LogP contribution in [0.2, 0.25) is 0 Å². The van der Waals surface area contributed by atoms with Crippen molar-refractivity contribution in [2.24, 2.45) is 0 Å². The largest absolute Gasteiger partial charge is 0.507 e. The quantitative estimate of drug-likeness (QED) is 0.0299. The van der Waals surface area contributed by atoms with Crippen molar-refractivity contribution >= 4 is 21.5 Å². The van der Waals surface area contributed by atoms with Crippen molar-refractivity contribution in [3.8, 4) is 11.5 Å². The van der Waals surface area contributed by atoms with Gasteiger partial charge in [0.15, 0.2) is 0 Å². The Morgan fingerprint density at radius 1 is 0.225 bits per heavy atom. The summed E-state index contributed by atoms with van der Waals surface area (Å²) < 4.78 is 132. The van der Waals surface area contributed by atoms with E-state index in [1.165, 1.54) is 11.1 Å². The minimum atomic E-state index is -0.705. The highest BCUT2D eigenvalue weighted by Crippen LogP contribution is 2.44. The second kappa shape index (κ2) is 72.5. The maximum atomic E-state index is 12.7. The van der Waals surface area contributed by atoms with E-state index in [0.717, 1.165) is 110 Å². The lowest BCUT2D eigenvalue weighted by molar-refractivity contribution is -0.0785. The van der Waals surface area contributed by atoms with Gasteiger partial charge < -0.3 is 129 Å². The number of aliphatic hydroxyl groups is 2. The zero-order valence-corrected chi connectivity index (χ0v) is 68.0. The Kier molecular flexibility index (Phi) is 64.9. The van der Waals surface area contributed by atoms with Crippen molar-refractivity contribution in [3.05, 3.63) is 81.9 Å². The molecule has 0 saturated carbocycles. The number of fused-ring (bicyclic) bond motifs is 2. The van der Waals surface area contributed by atoms with Crippen LogP contribution < -0.4 is 0 Å². The molecule has 0 amide bonds. The zero-order chi connectivity index (χ0) is 79.0. The normalized spacial score (nSPS) is 12.5. The van der Waals surface area contributed by atoms with Crippen molar-refractivity contribution in [2.75, 3.05) is 304 Å². The van der Waals surface area contributed by atoms with E-state index in [9.17, 15) is 10.2 Å². The molecule has 2 atom stereocenters. The summed E-state index contributed by atoms with van der Waals surface area (Å²) in [5.74, 6) is 0.497.